The third-order valence-corrected chi connectivity index (χ3v) is 6.36. The number of rotatable bonds is 6. The molecule has 0 atom stereocenters. The van der Waals surface area contributed by atoms with Crippen LogP contribution in [0.4, 0.5) is 5.69 Å². The number of nitrogens with zero attached hydrogens (tertiary/aromatic N) is 2. The molecule has 2 heterocycles. The summed E-state index contributed by atoms with van der Waals surface area (Å²) >= 11 is 9.77. The number of carbonyl (C=O) groups is 3. The van der Waals surface area contributed by atoms with Gasteiger partial charge in [-0.15, -0.1) is 0 Å². The number of ether oxygens (including phenoxy) is 1. The highest BCUT2D eigenvalue weighted by Crippen LogP contribution is 2.45. The minimum Gasteiger partial charge on any atom is -0.464 e. The van der Waals surface area contributed by atoms with Gasteiger partial charge >= 0.3 is 5.97 Å². The molecule has 28 heavy (non-hydrogen) atoms. The number of thiocarbonyl (C=S) groups is 1. The zero-order valence-corrected chi connectivity index (χ0v) is 18.7. The lowest BCUT2D eigenvalue weighted by atomic mass is 10.1. The lowest BCUT2D eigenvalue weighted by Gasteiger charge is -2.14. The van der Waals surface area contributed by atoms with Gasteiger partial charge in [0.2, 0.25) is 0 Å². The summed E-state index contributed by atoms with van der Waals surface area (Å²) in [4.78, 5) is 41.1. The number of amides is 2. The first-order chi connectivity index (χ1) is 13.4. The van der Waals surface area contributed by atoms with Crippen molar-refractivity contribution in [1.82, 2.24) is 4.90 Å². The second kappa shape index (κ2) is 8.75. The molecule has 6 nitrogen and oxygen atoms in total. The number of esters is 1. The molecule has 0 spiro atoms. The van der Waals surface area contributed by atoms with Crippen LogP contribution in [0.2, 0.25) is 0 Å². The van der Waals surface area contributed by atoms with Crippen LogP contribution in [0.15, 0.2) is 27.6 Å². The molecule has 3 rings (SSSR count). The van der Waals surface area contributed by atoms with Crippen LogP contribution in [0.5, 0.6) is 0 Å². The second-order valence-corrected chi connectivity index (χ2v) is 8.81. The van der Waals surface area contributed by atoms with E-state index >= 15 is 0 Å². The number of carbonyl (C=O) groups excluding carboxylic acids is 3. The fraction of sp³-hybridized carbons (Fsp3) is 0.368. The summed E-state index contributed by atoms with van der Waals surface area (Å²) in [6, 6.07) is 5.53. The van der Waals surface area contributed by atoms with E-state index in [2.05, 4.69) is 15.9 Å². The van der Waals surface area contributed by atoms with Crippen LogP contribution in [0.25, 0.3) is 5.57 Å². The molecule has 0 N–H and O–H groups in total. The molecule has 1 aromatic carbocycles. The monoisotopic (exact) mass is 482 g/mol. The molecule has 9 heteroatoms. The Hall–Kier alpha value is -1.71. The summed E-state index contributed by atoms with van der Waals surface area (Å²) in [5, 5.41) is 0. The molecule has 2 aliphatic heterocycles. The topological polar surface area (TPSA) is 66.9 Å². The van der Waals surface area contributed by atoms with Gasteiger partial charge in [0.25, 0.3) is 11.8 Å². The Morgan fingerprint density at radius 3 is 2.64 bits per heavy atom. The van der Waals surface area contributed by atoms with Gasteiger partial charge in [0, 0.05) is 16.6 Å². The average molecular weight is 483 g/mol. The first-order valence-electron chi connectivity index (χ1n) is 8.94. The minimum absolute atomic E-state index is 0.235. The van der Waals surface area contributed by atoms with E-state index in [1.165, 1.54) is 4.90 Å². The van der Waals surface area contributed by atoms with Crippen molar-refractivity contribution >= 4 is 73.3 Å². The molecule has 0 aromatic heterocycles. The van der Waals surface area contributed by atoms with Gasteiger partial charge in [-0.25, -0.2) is 0 Å². The first-order valence-corrected chi connectivity index (χ1v) is 11.0. The summed E-state index contributed by atoms with van der Waals surface area (Å²) < 4.78 is 6.19. The Bertz CT molecular complexity index is 900. The highest BCUT2D eigenvalue weighted by molar-refractivity contribution is 9.10. The predicted molar refractivity (Wildman–Crippen MR) is 117 cm³/mol. The fourth-order valence-corrected chi connectivity index (χ4v) is 4.72. The van der Waals surface area contributed by atoms with Gasteiger partial charge in [0.05, 0.1) is 22.8 Å². The van der Waals surface area contributed by atoms with E-state index in [0.29, 0.717) is 24.3 Å². The lowest BCUT2D eigenvalue weighted by Crippen LogP contribution is -2.35. The van der Waals surface area contributed by atoms with E-state index in [4.69, 9.17) is 17.0 Å². The Balaban J connectivity index is 1.92. The molecule has 2 amide bonds. The third kappa shape index (κ3) is 3.88. The average Bonchev–Trinajstić information content (AvgIpc) is 3.08. The van der Waals surface area contributed by atoms with Crippen molar-refractivity contribution in [3.05, 3.63) is 33.1 Å². The van der Waals surface area contributed by atoms with Gasteiger partial charge in [-0.1, -0.05) is 53.3 Å². The molecule has 1 saturated heterocycles. The van der Waals surface area contributed by atoms with Crippen molar-refractivity contribution in [2.75, 3.05) is 24.6 Å². The molecule has 1 aromatic rings. The molecule has 0 unspecified atom stereocenters. The van der Waals surface area contributed by atoms with Crippen molar-refractivity contribution in [3.8, 4) is 0 Å². The van der Waals surface area contributed by atoms with Gasteiger partial charge in [0.15, 0.2) is 0 Å². The van der Waals surface area contributed by atoms with Gasteiger partial charge in [0.1, 0.15) is 10.9 Å². The number of likely N-dealkylation sites (N-methyl/N-ethyl adjacent to an activating group) is 1. The number of halogens is 1. The van der Waals surface area contributed by atoms with Gasteiger partial charge in [-0.2, -0.15) is 0 Å². The van der Waals surface area contributed by atoms with E-state index in [9.17, 15) is 14.4 Å². The highest BCUT2D eigenvalue weighted by atomic mass is 79.9. The molecule has 1 fully saturated rings. The van der Waals surface area contributed by atoms with E-state index < -0.39 is 11.9 Å². The Labute approximate surface area is 181 Å². The number of anilines is 1. The molecule has 0 bridgehead atoms. The number of unbranched alkanes of at least 4 members (excludes halogenated alkanes) is 1. The number of thioether (sulfide) groups is 1. The van der Waals surface area contributed by atoms with Gasteiger partial charge in [-0.05, 0) is 31.5 Å². The van der Waals surface area contributed by atoms with Crippen molar-refractivity contribution in [2.45, 2.75) is 26.7 Å². The molecule has 148 valence electrons. The minimum atomic E-state index is -0.507. The number of hydrogen-bond acceptors (Lipinski definition) is 6. The predicted octanol–water partition coefficient (Wildman–Crippen LogP) is 3.73. The van der Waals surface area contributed by atoms with E-state index in [1.807, 2.05) is 32.0 Å². The third-order valence-electron chi connectivity index (χ3n) is 4.42. The maximum Gasteiger partial charge on any atom is 0.326 e. The standard InChI is InChI=1S/C19H19BrN2O4S2/c1-3-5-8-26-14(23)10-22-18(25)16(28-19(22)27)15-12-9-11(20)6-7-13(12)21(4-2)17(15)24/h6-7,9H,3-5,8,10H2,1-2H3/b16-15-. The zero-order valence-electron chi connectivity index (χ0n) is 15.5. The smallest absolute Gasteiger partial charge is 0.326 e. The molecular weight excluding hydrogens is 464 g/mol. The molecule has 2 aliphatic rings. The Morgan fingerprint density at radius 1 is 1.21 bits per heavy atom. The molecule has 0 radical (unpaired) electrons. The van der Waals surface area contributed by atoms with E-state index in [1.54, 1.807) is 4.90 Å². The second-order valence-electron chi connectivity index (χ2n) is 6.25. The van der Waals surface area contributed by atoms with Gasteiger partial charge in [-0.3, -0.25) is 19.3 Å². The van der Waals surface area contributed by atoms with Gasteiger partial charge < -0.3 is 9.64 Å². The molecular formula is C19H19BrN2O4S2. The van der Waals surface area contributed by atoms with Crippen molar-refractivity contribution in [3.63, 3.8) is 0 Å². The fourth-order valence-electron chi connectivity index (χ4n) is 3.03. The van der Waals surface area contributed by atoms with Crippen molar-refractivity contribution < 1.29 is 19.1 Å². The van der Waals surface area contributed by atoms with E-state index in [0.717, 1.165) is 34.8 Å². The number of fused-ring (bicyclic) bond motifs is 1. The summed E-state index contributed by atoms with van der Waals surface area (Å²) in [5.74, 6) is -1.18. The Kier molecular flexibility index (Phi) is 6.57. The van der Waals surface area contributed by atoms with Crippen molar-refractivity contribution in [2.24, 2.45) is 0 Å². The lowest BCUT2D eigenvalue weighted by molar-refractivity contribution is -0.146. The zero-order chi connectivity index (χ0) is 20.4. The summed E-state index contributed by atoms with van der Waals surface area (Å²) in [6.07, 6.45) is 1.67. The SMILES string of the molecule is CCCCOC(=O)CN1C(=O)/C(=C2/C(=O)N(CC)c3ccc(Br)cc32)SC1=S. The normalized spacial score (nSPS) is 18.9. The summed E-state index contributed by atoms with van der Waals surface area (Å²) in [6.45, 7) is 4.43. The van der Waals surface area contributed by atoms with Crippen LogP contribution in [-0.2, 0) is 19.1 Å². The Morgan fingerprint density at radius 2 is 1.96 bits per heavy atom. The molecule has 0 saturated carbocycles. The number of benzene rings is 1. The highest BCUT2D eigenvalue weighted by Gasteiger charge is 2.42. The largest absolute Gasteiger partial charge is 0.464 e. The van der Waals surface area contributed by atoms with E-state index in [-0.39, 0.29) is 21.7 Å². The molecule has 0 aliphatic carbocycles. The first kappa shape index (κ1) is 21.0. The van der Waals surface area contributed by atoms with Crippen LogP contribution in [0.1, 0.15) is 32.3 Å². The van der Waals surface area contributed by atoms with Crippen LogP contribution >= 0.6 is 39.9 Å². The quantitative estimate of drug-likeness (QED) is 0.266. The number of hydrogen-bond donors (Lipinski definition) is 0. The summed E-state index contributed by atoms with van der Waals surface area (Å²) in [5.41, 5.74) is 1.78. The van der Waals surface area contributed by atoms with Crippen molar-refractivity contribution in [1.29, 1.82) is 0 Å². The van der Waals surface area contributed by atoms with Crippen LogP contribution in [0.3, 0.4) is 0 Å². The maximum atomic E-state index is 13.0. The van der Waals surface area contributed by atoms with Crippen LogP contribution < -0.4 is 4.90 Å². The van der Waals surface area contributed by atoms with Crippen LogP contribution in [0, 0.1) is 0 Å². The summed E-state index contributed by atoms with van der Waals surface area (Å²) in [7, 11) is 0. The van der Waals surface area contributed by atoms with Crippen LogP contribution in [-0.4, -0.2) is 46.7 Å². The maximum absolute atomic E-state index is 13.0.